The number of carbonyl (C=O) groups is 1. The second-order valence-electron chi connectivity index (χ2n) is 5.34. The first kappa shape index (κ1) is 16.0. The summed E-state index contributed by atoms with van der Waals surface area (Å²) in [6.07, 6.45) is 0. The molecule has 24 heavy (non-hydrogen) atoms. The molecule has 8 heteroatoms. The number of halogens is 1. The van der Waals surface area contributed by atoms with Crippen molar-refractivity contribution in [3.8, 4) is 0 Å². The normalized spacial score (nSPS) is 15.0. The van der Waals surface area contributed by atoms with Gasteiger partial charge in [0.05, 0.1) is 32.1 Å². The van der Waals surface area contributed by atoms with Crippen molar-refractivity contribution in [2.75, 3.05) is 36.5 Å². The first-order chi connectivity index (χ1) is 11.7. The summed E-state index contributed by atoms with van der Waals surface area (Å²) in [5, 5.41) is 3.96. The third-order valence-corrected chi connectivity index (χ3v) is 6.41. The number of fused-ring (bicyclic) bond motifs is 1. The second kappa shape index (κ2) is 6.79. The largest absolute Gasteiger partial charge is 0.378 e. The predicted octanol–water partition coefficient (Wildman–Crippen LogP) is 4.21. The molecule has 0 saturated carbocycles. The fourth-order valence-electron chi connectivity index (χ4n) is 2.51. The number of nitrogens with one attached hydrogen (secondary N) is 1. The summed E-state index contributed by atoms with van der Waals surface area (Å²) in [4.78, 5) is 19.9. The second-order valence-corrected chi connectivity index (χ2v) is 8.81. The Bertz CT molecular complexity index is 886. The third-order valence-electron chi connectivity index (χ3n) is 3.71. The first-order valence-corrected chi connectivity index (χ1v) is 9.91. The van der Waals surface area contributed by atoms with Gasteiger partial charge in [0.25, 0.3) is 5.91 Å². The molecule has 1 N–H and O–H groups in total. The minimum absolute atomic E-state index is 0.0945. The lowest BCUT2D eigenvalue weighted by molar-refractivity contribution is 0.103. The number of hydrogen-bond acceptors (Lipinski definition) is 6. The Morgan fingerprint density at radius 2 is 2.04 bits per heavy atom. The summed E-state index contributed by atoms with van der Waals surface area (Å²) in [6, 6.07) is 9.52. The number of thiazole rings is 1. The fourth-order valence-corrected chi connectivity index (χ4v) is 4.85. The molecule has 1 aliphatic heterocycles. The number of amides is 1. The van der Waals surface area contributed by atoms with Crippen LogP contribution in [0.5, 0.6) is 0 Å². The van der Waals surface area contributed by atoms with E-state index in [0.29, 0.717) is 4.88 Å². The number of morpholine rings is 1. The Morgan fingerprint density at radius 1 is 1.21 bits per heavy atom. The average molecular weight is 424 g/mol. The van der Waals surface area contributed by atoms with Crippen molar-refractivity contribution in [1.82, 2.24) is 4.98 Å². The Hall–Kier alpha value is -1.48. The zero-order valence-corrected chi connectivity index (χ0v) is 15.8. The lowest BCUT2D eigenvalue weighted by atomic mass is 10.3. The maximum Gasteiger partial charge on any atom is 0.265 e. The summed E-state index contributed by atoms with van der Waals surface area (Å²) in [5.74, 6) is -0.0945. The van der Waals surface area contributed by atoms with Gasteiger partial charge >= 0.3 is 0 Å². The molecule has 1 saturated heterocycles. The number of aromatic nitrogens is 1. The number of nitrogens with zero attached hydrogens (tertiary/aromatic N) is 2. The Balaban J connectivity index is 1.55. The molecule has 1 fully saturated rings. The molecule has 2 aromatic heterocycles. The van der Waals surface area contributed by atoms with Crippen molar-refractivity contribution < 1.29 is 9.53 Å². The molecule has 0 bridgehead atoms. The number of rotatable bonds is 3. The number of hydrogen-bond donors (Lipinski definition) is 1. The van der Waals surface area contributed by atoms with Gasteiger partial charge in [-0.2, -0.15) is 0 Å². The molecule has 1 amide bonds. The molecule has 0 unspecified atom stereocenters. The van der Waals surface area contributed by atoms with Crippen LogP contribution in [0.1, 0.15) is 9.67 Å². The van der Waals surface area contributed by atoms with Crippen LogP contribution in [0.3, 0.4) is 0 Å². The van der Waals surface area contributed by atoms with Gasteiger partial charge in [-0.25, -0.2) is 4.98 Å². The molecule has 0 radical (unpaired) electrons. The SMILES string of the molecule is O=C(Nc1ccc2nc(N3CCOCC3)sc2c1)c1ccc(Br)s1. The maximum atomic E-state index is 12.3. The van der Waals surface area contributed by atoms with Gasteiger partial charge in [0.15, 0.2) is 5.13 Å². The number of carbonyl (C=O) groups excluding carboxylic acids is 1. The van der Waals surface area contributed by atoms with Crippen molar-refractivity contribution in [1.29, 1.82) is 0 Å². The van der Waals surface area contributed by atoms with E-state index in [4.69, 9.17) is 9.72 Å². The zero-order valence-electron chi connectivity index (χ0n) is 12.6. The lowest BCUT2D eigenvalue weighted by Crippen LogP contribution is -2.36. The molecule has 5 nitrogen and oxygen atoms in total. The highest BCUT2D eigenvalue weighted by Gasteiger charge is 2.16. The van der Waals surface area contributed by atoms with Gasteiger partial charge in [-0.1, -0.05) is 11.3 Å². The topological polar surface area (TPSA) is 54.5 Å². The van der Waals surface area contributed by atoms with Crippen molar-refractivity contribution in [3.63, 3.8) is 0 Å². The van der Waals surface area contributed by atoms with Gasteiger partial charge in [0.1, 0.15) is 0 Å². The Kier molecular flexibility index (Phi) is 4.53. The summed E-state index contributed by atoms with van der Waals surface area (Å²) >= 11 is 6.44. The minimum Gasteiger partial charge on any atom is -0.378 e. The molecule has 4 rings (SSSR count). The van der Waals surface area contributed by atoms with E-state index in [1.165, 1.54) is 11.3 Å². The van der Waals surface area contributed by atoms with Gasteiger partial charge in [-0.15, -0.1) is 11.3 Å². The molecular formula is C16H14BrN3O2S2. The standard InChI is InChI=1S/C16H14BrN3O2S2/c17-14-4-3-12(23-14)15(21)18-10-1-2-11-13(9-10)24-16(19-11)20-5-7-22-8-6-20/h1-4,9H,5-8H2,(H,18,21). The van der Waals surface area contributed by atoms with Crippen LogP contribution in [0.4, 0.5) is 10.8 Å². The van der Waals surface area contributed by atoms with Gasteiger partial charge in [-0.3, -0.25) is 4.79 Å². The van der Waals surface area contributed by atoms with E-state index < -0.39 is 0 Å². The molecule has 0 spiro atoms. The molecule has 1 aliphatic rings. The van der Waals surface area contributed by atoms with Crippen molar-refractivity contribution in [2.24, 2.45) is 0 Å². The minimum atomic E-state index is -0.0945. The van der Waals surface area contributed by atoms with Crippen molar-refractivity contribution in [3.05, 3.63) is 39.0 Å². The van der Waals surface area contributed by atoms with E-state index in [0.717, 1.165) is 51.1 Å². The van der Waals surface area contributed by atoms with Crippen LogP contribution < -0.4 is 10.2 Å². The molecule has 1 aromatic carbocycles. The van der Waals surface area contributed by atoms with Gasteiger partial charge in [-0.05, 0) is 46.3 Å². The Labute approximate surface area is 155 Å². The number of anilines is 2. The van der Waals surface area contributed by atoms with Crippen LogP contribution in [-0.4, -0.2) is 37.2 Å². The summed E-state index contributed by atoms with van der Waals surface area (Å²) in [6.45, 7) is 3.23. The predicted molar refractivity (Wildman–Crippen MR) is 103 cm³/mol. The quantitative estimate of drug-likeness (QED) is 0.685. The van der Waals surface area contributed by atoms with Crippen LogP contribution >= 0.6 is 38.6 Å². The first-order valence-electron chi connectivity index (χ1n) is 7.49. The van der Waals surface area contributed by atoms with Crippen LogP contribution in [0.25, 0.3) is 10.2 Å². The highest BCUT2D eigenvalue weighted by atomic mass is 79.9. The van der Waals surface area contributed by atoms with E-state index in [1.54, 1.807) is 11.3 Å². The van der Waals surface area contributed by atoms with Gasteiger partial charge in [0.2, 0.25) is 0 Å². The van der Waals surface area contributed by atoms with Crippen LogP contribution in [-0.2, 0) is 4.74 Å². The number of thiophene rings is 1. The highest BCUT2D eigenvalue weighted by molar-refractivity contribution is 9.11. The average Bonchev–Trinajstić information content (AvgIpc) is 3.21. The monoisotopic (exact) mass is 423 g/mol. The third kappa shape index (κ3) is 3.32. The van der Waals surface area contributed by atoms with E-state index in [1.807, 2.05) is 30.3 Å². The summed E-state index contributed by atoms with van der Waals surface area (Å²) in [7, 11) is 0. The molecule has 0 aliphatic carbocycles. The van der Waals surface area contributed by atoms with Crippen LogP contribution in [0.2, 0.25) is 0 Å². The maximum absolute atomic E-state index is 12.3. The molecular weight excluding hydrogens is 410 g/mol. The van der Waals surface area contributed by atoms with E-state index in [-0.39, 0.29) is 5.91 Å². The number of ether oxygens (including phenoxy) is 1. The summed E-state index contributed by atoms with van der Waals surface area (Å²) in [5.41, 5.74) is 1.74. The molecule has 3 aromatic rings. The summed E-state index contributed by atoms with van der Waals surface area (Å²) < 4.78 is 7.40. The molecule has 3 heterocycles. The van der Waals surface area contributed by atoms with Crippen molar-refractivity contribution >= 4 is 65.5 Å². The number of benzene rings is 1. The van der Waals surface area contributed by atoms with Gasteiger partial charge in [0, 0.05) is 18.8 Å². The zero-order chi connectivity index (χ0) is 16.5. The Morgan fingerprint density at radius 3 is 2.79 bits per heavy atom. The lowest BCUT2D eigenvalue weighted by Gasteiger charge is -2.25. The van der Waals surface area contributed by atoms with E-state index in [2.05, 4.69) is 26.1 Å². The van der Waals surface area contributed by atoms with E-state index >= 15 is 0 Å². The molecule has 124 valence electrons. The van der Waals surface area contributed by atoms with Crippen molar-refractivity contribution in [2.45, 2.75) is 0 Å². The highest BCUT2D eigenvalue weighted by Crippen LogP contribution is 2.31. The van der Waals surface area contributed by atoms with Gasteiger partial charge < -0.3 is 15.0 Å². The van der Waals surface area contributed by atoms with Crippen LogP contribution in [0.15, 0.2) is 34.1 Å². The fraction of sp³-hybridized carbons (Fsp3) is 0.250. The van der Waals surface area contributed by atoms with Crippen LogP contribution in [0, 0.1) is 0 Å². The van der Waals surface area contributed by atoms with E-state index in [9.17, 15) is 4.79 Å². The molecule has 0 atom stereocenters. The smallest absolute Gasteiger partial charge is 0.265 e.